The molecule has 1 amide bonds. The Kier molecular flexibility index (Phi) is 4.65. The number of sulfonamides is 1. The highest BCUT2D eigenvalue weighted by atomic mass is 32.2. The van der Waals surface area contributed by atoms with Crippen LogP contribution < -0.4 is 5.73 Å². The summed E-state index contributed by atoms with van der Waals surface area (Å²) in [5.74, 6) is -0.150. The molecule has 1 aliphatic heterocycles. The van der Waals surface area contributed by atoms with Gasteiger partial charge in [-0.25, -0.2) is 8.42 Å². The summed E-state index contributed by atoms with van der Waals surface area (Å²) in [6.07, 6.45) is 3.06. The van der Waals surface area contributed by atoms with Crippen LogP contribution in [0.1, 0.15) is 27.9 Å². The zero-order valence-corrected chi connectivity index (χ0v) is 15.9. The SMILES string of the molecule is Nc1ccccc1C(=O)N1CCN(S(=O)(=O)c2ccc3c(c2)CCC3)CC1. The number of nitrogens with zero attached hydrogens (tertiary/aromatic N) is 2. The molecule has 6 nitrogen and oxygen atoms in total. The van der Waals surface area contributed by atoms with Crippen molar-refractivity contribution in [2.24, 2.45) is 0 Å². The van der Waals surface area contributed by atoms with Crippen molar-refractivity contribution in [2.75, 3.05) is 31.9 Å². The molecule has 2 N–H and O–H groups in total. The quantitative estimate of drug-likeness (QED) is 0.818. The van der Waals surface area contributed by atoms with E-state index in [1.807, 2.05) is 12.1 Å². The number of carbonyl (C=O) groups is 1. The molecule has 0 bridgehead atoms. The minimum atomic E-state index is -3.53. The molecule has 0 saturated carbocycles. The molecule has 27 heavy (non-hydrogen) atoms. The van der Waals surface area contributed by atoms with E-state index in [0.29, 0.717) is 29.2 Å². The van der Waals surface area contributed by atoms with Crippen molar-refractivity contribution in [3.05, 3.63) is 59.2 Å². The van der Waals surface area contributed by atoms with Gasteiger partial charge >= 0.3 is 0 Å². The van der Waals surface area contributed by atoms with Crippen molar-refractivity contribution >= 4 is 21.6 Å². The van der Waals surface area contributed by atoms with Crippen molar-refractivity contribution in [1.29, 1.82) is 0 Å². The molecule has 142 valence electrons. The fourth-order valence-corrected chi connectivity index (χ4v) is 5.32. The number of carbonyl (C=O) groups excluding carboxylic acids is 1. The Balaban J connectivity index is 1.47. The zero-order chi connectivity index (χ0) is 19.0. The van der Waals surface area contributed by atoms with Crippen LogP contribution in [0.2, 0.25) is 0 Å². The third kappa shape index (κ3) is 3.33. The van der Waals surface area contributed by atoms with Crippen molar-refractivity contribution in [2.45, 2.75) is 24.2 Å². The third-order valence-corrected chi connectivity index (χ3v) is 7.32. The predicted molar refractivity (Wildman–Crippen MR) is 104 cm³/mol. The number of amides is 1. The lowest BCUT2D eigenvalue weighted by Crippen LogP contribution is -2.50. The number of aryl methyl sites for hydroxylation is 2. The molecule has 1 heterocycles. The van der Waals surface area contributed by atoms with E-state index in [2.05, 4.69) is 0 Å². The van der Waals surface area contributed by atoms with Gasteiger partial charge in [-0.05, 0) is 54.7 Å². The Bertz CT molecular complexity index is 980. The molecule has 0 radical (unpaired) electrons. The molecule has 0 aromatic heterocycles. The summed E-state index contributed by atoms with van der Waals surface area (Å²) < 4.78 is 27.5. The Morgan fingerprint density at radius 2 is 1.63 bits per heavy atom. The molecule has 7 heteroatoms. The van der Waals surface area contributed by atoms with Gasteiger partial charge in [0, 0.05) is 31.9 Å². The molecular weight excluding hydrogens is 362 g/mol. The molecule has 0 atom stereocenters. The standard InChI is InChI=1S/C20H23N3O3S/c21-19-7-2-1-6-18(19)20(24)22-10-12-23(13-11-22)27(25,26)17-9-8-15-4-3-5-16(15)14-17/h1-2,6-9,14H,3-5,10-13,21H2. The number of anilines is 1. The van der Waals surface area contributed by atoms with E-state index < -0.39 is 10.0 Å². The number of para-hydroxylation sites is 1. The number of rotatable bonds is 3. The van der Waals surface area contributed by atoms with E-state index in [0.717, 1.165) is 24.8 Å². The molecule has 4 rings (SSSR count). The second-order valence-corrected chi connectivity index (χ2v) is 9.01. The first-order valence-corrected chi connectivity index (χ1v) is 10.7. The zero-order valence-electron chi connectivity index (χ0n) is 15.1. The van der Waals surface area contributed by atoms with Gasteiger partial charge < -0.3 is 10.6 Å². The lowest BCUT2D eigenvalue weighted by molar-refractivity contribution is 0.0699. The molecule has 2 aliphatic rings. The third-order valence-electron chi connectivity index (χ3n) is 5.42. The van der Waals surface area contributed by atoms with Gasteiger partial charge in [-0.2, -0.15) is 4.31 Å². The van der Waals surface area contributed by atoms with Gasteiger partial charge in [0.05, 0.1) is 10.5 Å². The Morgan fingerprint density at radius 3 is 2.37 bits per heavy atom. The van der Waals surface area contributed by atoms with E-state index in [1.165, 1.54) is 9.87 Å². The van der Waals surface area contributed by atoms with E-state index in [9.17, 15) is 13.2 Å². The lowest BCUT2D eigenvalue weighted by Gasteiger charge is -2.34. The van der Waals surface area contributed by atoms with Crippen LogP contribution in [-0.4, -0.2) is 49.7 Å². The molecule has 1 saturated heterocycles. The fraction of sp³-hybridized carbons (Fsp3) is 0.350. The van der Waals surface area contributed by atoms with Crippen LogP contribution in [0.3, 0.4) is 0 Å². The lowest BCUT2D eigenvalue weighted by atomic mass is 10.1. The molecule has 2 aromatic carbocycles. The predicted octanol–water partition coefficient (Wildman–Crippen LogP) is 1.90. The molecule has 1 aliphatic carbocycles. The van der Waals surface area contributed by atoms with Crippen LogP contribution in [0.5, 0.6) is 0 Å². The number of fused-ring (bicyclic) bond motifs is 1. The summed E-state index contributed by atoms with van der Waals surface area (Å²) >= 11 is 0. The first-order chi connectivity index (χ1) is 13.0. The van der Waals surface area contributed by atoms with Crippen molar-refractivity contribution in [3.63, 3.8) is 0 Å². The van der Waals surface area contributed by atoms with Crippen LogP contribution in [0, 0.1) is 0 Å². The second-order valence-electron chi connectivity index (χ2n) is 7.07. The van der Waals surface area contributed by atoms with Crippen molar-refractivity contribution in [1.82, 2.24) is 9.21 Å². The Morgan fingerprint density at radius 1 is 0.926 bits per heavy atom. The van der Waals surface area contributed by atoms with Gasteiger partial charge in [0.15, 0.2) is 0 Å². The van der Waals surface area contributed by atoms with Gasteiger partial charge in [0.1, 0.15) is 0 Å². The minimum absolute atomic E-state index is 0.150. The molecule has 0 unspecified atom stereocenters. The average molecular weight is 385 g/mol. The number of piperazine rings is 1. The monoisotopic (exact) mass is 385 g/mol. The maximum absolute atomic E-state index is 13.0. The normalized spacial score (nSPS) is 17.7. The number of benzene rings is 2. The van der Waals surface area contributed by atoms with E-state index in [4.69, 9.17) is 5.73 Å². The fourth-order valence-electron chi connectivity index (χ4n) is 3.85. The molecule has 0 spiro atoms. The van der Waals surface area contributed by atoms with Crippen LogP contribution >= 0.6 is 0 Å². The maximum Gasteiger partial charge on any atom is 0.256 e. The van der Waals surface area contributed by atoms with Crippen LogP contribution in [-0.2, 0) is 22.9 Å². The largest absolute Gasteiger partial charge is 0.398 e. The highest BCUT2D eigenvalue weighted by Crippen LogP contribution is 2.27. The number of nitrogens with two attached hydrogens (primary N) is 1. The molecule has 2 aromatic rings. The van der Waals surface area contributed by atoms with Crippen molar-refractivity contribution in [3.8, 4) is 0 Å². The topological polar surface area (TPSA) is 83.7 Å². The van der Waals surface area contributed by atoms with Gasteiger partial charge in [0.25, 0.3) is 5.91 Å². The van der Waals surface area contributed by atoms with Gasteiger partial charge in [-0.1, -0.05) is 18.2 Å². The Labute approximate surface area is 159 Å². The number of hydrogen-bond acceptors (Lipinski definition) is 4. The second kappa shape index (κ2) is 6.98. The molecular formula is C20H23N3O3S. The van der Waals surface area contributed by atoms with E-state index >= 15 is 0 Å². The Hall–Kier alpha value is -2.38. The van der Waals surface area contributed by atoms with E-state index in [-0.39, 0.29) is 19.0 Å². The highest BCUT2D eigenvalue weighted by molar-refractivity contribution is 7.89. The number of hydrogen-bond donors (Lipinski definition) is 1. The summed E-state index contributed by atoms with van der Waals surface area (Å²) in [5, 5.41) is 0. The first kappa shape index (κ1) is 18.0. The summed E-state index contributed by atoms with van der Waals surface area (Å²) in [6.45, 7) is 1.30. The van der Waals surface area contributed by atoms with Crippen LogP contribution in [0.15, 0.2) is 47.4 Å². The summed E-state index contributed by atoms with van der Waals surface area (Å²) in [4.78, 5) is 14.7. The van der Waals surface area contributed by atoms with Gasteiger partial charge in [0.2, 0.25) is 10.0 Å². The van der Waals surface area contributed by atoms with Gasteiger partial charge in [-0.3, -0.25) is 4.79 Å². The average Bonchev–Trinajstić information content (AvgIpc) is 3.16. The van der Waals surface area contributed by atoms with Crippen LogP contribution in [0.25, 0.3) is 0 Å². The summed E-state index contributed by atoms with van der Waals surface area (Å²) in [6, 6.07) is 12.4. The van der Waals surface area contributed by atoms with Crippen molar-refractivity contribution < 1.29 is 13.2 Å². The first-order valence-electron chi connectivity index (χ1n) is 9.22. The number of nitrogen functional groups attached to an aromatic ring is 1. The summed E-state index contributed by atoms with van der Waals surface area (Å²) in [5.41, 5.74) is 9.19. The van der Waals surface area contributed by atoms with E-state index in [1.54, 1.807) is 35.2 Å². The minimum Gasteiger partial charge on any atom is -0.398 e. The summed E-state index contributed by atoms with van der Waals surface area (Å²) in [7, 11) is -3.53. The smallest absolute Gasteiger partial charge is 0.256 e. The molecule has 1 fully saturated rings. The highest BCUT2D eigenvalue weighted by Gasteiger charge is 2.31. The van der Waals surface area contributed by atoms with Crippen LogP contribution in [0.4, 0.5) is 5.69 Å². The van der Waals surface area contributed by atoms with Gasteiger partial charge in [-0.15, -0.1) is 0 Å². The maximum atomic E-state index is 13.0.